The smallest absolute Gasteiger partial charge is 0.283 e. The number of oxime groups is 1. The Morgan fingerprint density at radius 2 is 2.08 bits per heavy atom. The van der Waals surface area contributed by atoms with E-state index in [1.807, 2.05) is 7.05 Å². The van der Waals surface area contributed by atoms with E-state index in [0.717, 1.165) is 30.1 Å². The van der Waals surface area contributed by atoms with Gasteiger partial charge in [-0.05, 0) is 31.3 Å². The van der Waals surface area contributed by atoms with Gasteiger partial charge < -0.3 is 31.0 Å². The van der Waals surface area contributed by atoms with Crippen molar-refractivity contribution in [2.75, 3.05) is 40.3 Å². The van der Waals surface area contributed by atoms with E-state index < -0.39 is 16.1 Å². The second kappa shape index (κ2) is 10.6. The van der Waals surface area contributed by atoms with Crippen LogP contribution in [0.5, 0.6) is 0 Å². The molecule has 208 valence electrons. The van der Waals surface area contributed by atoms with E-state index in [1.54, 1.807) is 23.1 Å². The Bertz CT molecular complexity index is 1560. The highest BCUT2D eigenvalue weighted by molar-refractivity contribution is 7.89. The zero-order valence-corrected chi connectivity index (χ0v) is 23.2. The highest BCUT2D eigenvalue weighted by Crippen LogP contribution is 2.29. The maximum Gasteiger partial charge on any atom is 0.283 e. The van der Waals surface area contributed by atoms with Gasteiger partial charge in [-0.3, -0.25) is 9.59 Å². The minimum atomic E-state index is -3.98. The number of carbonyl (C=O) groups excluding carboxylic acids is 2. The zero-order valence-electron chi connectivity index (χ0n) is 21.5. The lowest BCUT2D eigenvalue weighted by molar-refractivity contribution is -0.121. The maximum atomic E-state index is 13.6. The molecular formula is C24H30N8O5S2. The van der Waals surface area contributed by atoms with Crippen molar-refractivity contribution in [3.05, 3.63) is 45.4 Å². The molecule has 3 aromatic rings. The van der Waals surface area contributed by atoms with Crippen molar-refractivity contribution in [3.8, 4) is 0 Å². The molecule has 2 aliphatic heterocycles. The lowest BCUT2D eigenvalue weighted by atomic mass is 10.1. The second-order valence-corrected chi connectivity index (χ2v) is 12.7. The first kappa shape index (κ1) is 27.1. The molecule has 0 saturated carbocycles. The summed E-state index contributed by atoms with van der Waals surface area (Å²) in [5.74, 6) is -0.670. The van der Waals surface area contributed by atoms with Gasteiger partial charge in [-0.15, -0.1) is 11.3 Å². The molecule has 4 heterocycles. The summed E-state index contributed by atoms with van der Waals surface area (Å²) in [6, 6.07) is 5.71. The number of rotatable bonds is 6. The molecule has 0 aliphatic carbocycles. The molecule has 1 saturated heterocycles. The van der Waals surface area contributed by atoms with Crippen molar-refractivity contribution in [1.29, 1.82) is 0 Å². The molecule has 1 fully saturated rings. The topological polar surface area (TPSA) is 177 Å². The first-order chi connectivity index (χ1) is 18.6. The van der Waals surface area contributed by atoms with Gasteiger partial charge in [0, 0.05) is 74.0 Å². The number of sulfonamides is 1. The number of fused-ring (bicyclic) bond motifs is 2. The maximum absolute atomic E-state index is 13.6. The Morgan fingerprint density at radius 3 is 2.82 bits per heavy atom. The predicted octanol–water partition coefficient (Wildman–Crippen LogP) is 0.358. The number of aromatic nitrogens is 2. The van der Waals surface area contributed by atoms with Crippen molar-refractivity contribution in [2.24, 2.45) is 10.9 Å². The van der Waals surface area contributed by atoms with Crippen LogP contribution in [0.3, 0.4) is 0 Å². The average Bonchev–Trinajstić information content (AvgIpc) is 3.56. The second-order valence-electron chi connectivity index (χ2n) is 9.69. The number of nitrogens with two attached hydrogens (primary N) is 1. The van der Waals surface area contributed by atoms with Gasteiger partial charge in [0.2, 0.25) is 5.91 Å². The monoisotopic (exact) mass is 574 g/mol. The molecule has 5 rings (SSSR count). The number of nitrogens with one attached hydrogen (secondary N) is 2. The zero-order chi connectivity index (χ0) is 27.9. The highest BCUT2D eigenvalue weighted by atomic mass is 32.2. The van der Waals surface area contributed by atoms with Gasteiger partial charge in [-0.25, -0.2) is 13.4 Å². The normalized spacial score (nSPS) is 19.3. The quantitative estimate of drug-likeness (QED) is 0.141. The minimum absolute atomic E-state index is 0.0238. The van der Waals surface area contributed by atoms with Crippen LogP contribution in [0.15, 0.2) is 34.4 Å². The molecule has 1 aromatic carbocycles. The molecule has 0 bridgehead atoms. The van der Waals surface area contributed by atoms with Crippen LogP contribution in [0.4, 0.5) is 0 Å². The fourth-order valence-corrected chi connectivity index (χ4v) is 7.57. The average molecular weight is 575 g/mol. The van der Waals surface area contributed by atoms with Gasteiger partial charge in [0.1, 0.15) is 5.03 Å². The largest absolute Gasteiger partial charge is 0.409 e. The molecule has 5 N–H and O–H groups in total. The number of nitrogens with zero attached hydrogens (tertiary/aromatic N) is 5. The fourth-order valence-electron chi connectivity index (χ4n) is 4.94. The van der Waals surface area contributed by atoms with E-state index in [9.17, 15) is 18.0 Å². The molecule has 2 amide bonds. The Kier molecular flexibility index (Phi) is 7.33. The van der Waals surface area contributed by atoms with Crippen molar-refractivity contribution in [2.45, 2.75) is 30.5 Å². The summed E-state index contributed by atoms with van der Waals surface area (Å²) < 4.78 is 28.6. The number of piperazine rings is 1. The number of hydrogen-bond acceptors (Lipinski definition) is 9. The number of aromatic amines is 1. The molecule has 2 aliphatic rings. The summed E-state index contributed by atoms with van der Waals surface area (Å²) in [5, 5.41) is 15.4. The Hall–Kier alpha value is -3.53. The van der Waals surface area contributed by atoms with E-state index in [2.05, 4.69) is 25.3 Å². The standard InChI is InChI=1S/C24H30N8O5S2/c1-26-20(33)11-16-12-31(7-8-32(16)24(34)23-28-18-5-6-30(2)13-19(18)38-23)39(36,37)21-10-15-9-14(22(25)29-35)3-4-17(15)27-21/h3-4,9-10,16,27,35H,5-8,11-13H2,1-2H3,(H2,25,29)(H,26,33). The van der Waals surface area contributed by atoms with Crippen LogP contribution in [0.25, 0.3) is 10.9 Å². The van der Waals surface area contributed by atoms with E-state index in [1.165, 1.54) is 28.8 Å². The molecule has 1 atom stereocenters. The number of thiazole rings is 1. The van der Waals surface area contributed by atoms with Crippen LogP contribution >= 0.6 is 11.3 Å². The van der Waals surface area contributed by atoms with Crippen molar-refractivity contribution < 1.29 is 23.2 Å². The summed E-state index contributed by atoms with van der Waals surface area (Å²) in [6.07, 6.45) is 0.729. The summed E-state index contributed by atoms with van der Waals surface area (Å²) in [6.45, 7) is 1.76. The Balaban J connectivity index is 1.40. The molecular weight excluding hydrogens is 544 g/mol. The molecule has 0 radical (unpaired) electrons. The van der Waals surface area contributed by atoms with Crippen LogP contribution in [-0.4, -0.2) is 102 Å². The predicted molar refractivity (Wildman–Crippen MR) is 145 cm³/mol. The lowest BCUT2D eigenvalue weighted by Crippen LogP contribution is -2.57. The van der Waals surface area contributed by atoms with Gasteiger partial charge in [-0.2, -0.15) is 4.31 Å². The molecule has 39 heavy (non-hydrogen) atoms. The number of H-pyrrole nitrogens is 1. The summed E-state index contributed by atoms with van der Waals surface area (Å²) in [7, 11) is -0.455. The van der Waals surface area contributed by atoms with Gasteiger partial charge in [0.05, 0.1) is 11.7 Å². The number of likely N-dealkylation sites (N-methyl/N-ethyl adjacent to an activating group) is 1. The Labute approximate surface area is 229 Å². The highest BCUT2D eigenvalue weighted by Gasteiger charge is 2.39. The van der Waals surface area contributed by atoms with Gasteiger partial charge in [0.25, 0.3) is 15.9 Å². The molecule has 2 aromatic heterocycles. The van der Waals surface area contributed by atoms with Crippen LogP contribution in [0.2, 0.25) is 0 Å². The molecule has 13 nitrogen and oxygen atoms in total. The lowest BCUT2D eigenvalue weighted by Gasteiger charge is -2.40. The number of hydrogen-bond donors (Lipinski definition) is 4. The van der Waals surface area contributed by atoms with Gasteiger partial charge in [-0.1, -0.05) is 5.16 Å². The number of carbonyl (C=O) groups is 2. The summed E-state index contributed by atoms with van der Waals surface area (Å²) in [4.78, 5) is 38.2. The number of amidine groups is 1. The van der Waals surface area contributed by atoms with Crippen LogP contribution in [0.1, 0.15) is 32.4 Å². The van der Waals surface area contributed by atoms with Gasteiger partial charge >= 0.3 is 0 Å². The fraction of sp³-hybridized carbons (Fsp3) is 0.417. The van der Waals surface area contributed by atoms with E-state index >= 15 is 0 Å². The Morgan fingerprint density at radius 1 is 1.28 bits per heavy atom. The SMILES string of the molecule is CNC(=O)CC1CN(S(=O)(=O)c2cc3cc(C(N)=NO)ccc3[nH]2)CCN1C(=O)c1nc2c(s1)CN(C)CC2. The van der Waals surface area contributed by atoms with Crippen LogP contribution in [0, 0.1) is 0 Å². The van der Waals surface area contributed by atoms with Crippen LogP contribution < -0.4 is 11.1 Å². The van der Waals surface area contributed by atoms with Crippen molar-refractivity contribution in [1.82, 2.24) is 29.4 Å². The van der Waals surface area contributed by atoms with Crippen LogP contribution in [-0.2, 0) is 27.8 Å². The van der Waals surface area contributed by atoms with E-state index in [4.69, 9.17) is 10.9 Å². The first-order valence-corrected chi connectivity index (χ1v) is 14.7. The number of benzene rings is 1. The third-order valence-corrected chi connectivity index (χ3v) is 9.99. The molecule has 1 unspecified atom stereocenters. The third kappa shape index (κ3) is 5.22. The minimum Gasteiger partial charge on any atom is -0.409 e. The van der Waals surface area contributed by atoms with Crippen molar-refractivity contribution in [3.63, 3.8) is 0 Å². The van der Waals surface area contributed by atoms with Gasteiger partial charge in [0.15, 0.2) is 10.8 Å². The summed E-state index contributed by atoms with van der Waals surface area (Å²) >= 11 is 1.36. The first-order valence-electron chi connectivity index (χ1n) is 12.4. The molecule has 15 heteroatoms. The van der Waals surface area contributed by atoms with Crippen molar-refractivity contribution >= 4 is 49.9 Å². The van der Waals surface area contributed by atoms with E-state index in [-0.39, 0.29) is 48.7 Å². The summed E-state index contributed by atoms with van der Waals surface area (Å²) in [5.41, 5.74) is 7.61. The molecule has 0 spiro atoms. The third-order valence-electron chi connectivity index (χ3n) is 7.13. The number of amides is 2. The van der Waals surface area contributed by atoms with E-state index in [0.29, 0.717) is 21.5 Å².